The third-order valence-corrected chi connectivity index (χ3v) is 1.54. The molecule has 74 valence electrons. The van der Waals surface area contributed by atoms with Crippen molar-refractivity contribution in [2.75, 3.05) is 12.5 Å². The maximum absolute atomic E-state index is 10.3. The molecule has 0 aliphatic carbocycles. The molecule has 7 nitrogen and oxygen atoms in total. The van der Waals surface area contributed by atoms with Crippen LogP contribution in [0.1, 0.15) is 0 Å². The van der Waals surface area contributed by atoms with Gasteiger partial charge in [-0.3, -0.25) is 0 Å². The summed E-state index contributed by atoms with van der Waals surface area (Å²) in [5.41, 5.74) is 0. The maximum atomic E-state index is 10.3. The Morgan fingerprint density at radius 1 is 1.00 bits per heavy atom. The van der Waals surface area contributed by atoms with Gasteiger partial charge < -0.3 is 5.11 Å². The Balaban J connectivity index is 4.19. The maximum Gasteiger partial charge on any atom is 0.299 e. The number of hydrogen-bond donors (Lipinski definition) is 1. The first-order chi connectivity index (χ1) is 5.10. The van der Waals surface area contributed by atoms with Crippen molar-refractivity contribution in [1.29, 1.82) is 0 Å². The molecule has 0 atom stereocenters. The van der Waals surface area contributed by atoms with Gasteiger partial charge in [-0.15, -0.1) is 0 Å². The van der Waals surface area contributed by atoms with E-state index in [4.69, 9.17) is 5.11 Å². The van der Waals surface area contributed by atoms with E-state index in [9.17, 15) is 16.8 Å². The second-order valence-electron chi connectivity index (χ2n) is 1.91. The molecule has 0 fully saturated rings. The minimum absolute atomic E-state index is 0.641. The lowest BCUT2D eigenvalue weighted by Gasteiger charge is -2.07. The molecular weight excluding hydrogens is 212 g/mol. The first-order valence-electron chi connectivity index (χ1n) is 2.55. The Morgan fingerprint density at radius 3 is 1.42 bits per heavy atom. The molecular formula is C3H8O7S2. The van der Waals surface area contributed by atoms with Crippen molar-refractivity contribution in [2.24, 2.45) is 0 Å². The van der Waals surface area contributed by atoms with Gasteiger partial charge in [0.1, 0.15) is 0 Å². The Hall–Kier alpha value is -0.220. The van der Waals surface area contributed by atoms with E-state index >= 15 is 0 Å². The summed E-state index contributed by atoms with van der Waals surface area (Å²) in [5, 5.41) is 8.52. The van der Waals surface area contributed by atoms with Crippen LogP contribution in [0.5, 0.6) is 0 Å². The zero-order valence-electron chi connectivity index (χ0n) is 6.29. The summed E-state index contributed by atoms with van der Waals surface area (Å²) in [5.74, 6) is 0. The summed E-state index contributed by atoms with van der Waals surface area (Å²) in [4.78, 5) is 0. The first kappa shape index (κ1) is 11.8. The molecule has 0 amide bonds. The van der Waals surface area contributed by atoms with Gasteiger partial charge in [0, 0.05) is 0 Å². The van der Waals surface area contributed by atoms with Gasteiger partial charge in [0.2, 0.25) is 0 Å². The van der Waals surface area contributed by atoms with Crippen LogP contribution in [0.3, 0.4) is 0 Å². The molecule has 0 rings (SSSR count). The molecule has 12 heavy (non-hydrogen) atoms. The van der Waals surface area contributed by atoms with Crippen LogP contribution in [-0.2, 0) is 28.6 Å². The molecule has 0 aromatic heterocycles. The van der Waals surface area contributed by atoms with Gasteiger partial charge >= 0.3 is 0 Å². The van der Waals surface area contributed by atoms with Crippen LogP contribution in [0.15, 0.2) is 0 Å². The monoisotopic (exact) mass is 220 g/mol. The summed E-state index contributed by atoms with van der Waals surface area (Å²) in [6.45, 7) is -2.32. The summed E-state index contributed by atoms with van der Waals surface area (Å²) >= 11 is 0. The highest BCUT2D eigenvalue weighted by atomic mass is 32.2. The van der Waals surface area contributed by atoms with Gasteiger partial charge in [-0.2, -0.15) is 16.8 Å². The van der Waals surface area contributed by atoms with Crippen LogP contribution in [-0.4, -0.2) is 40.9 Å². The Morgan fingerprint density at radius 2 is 1.25 bits per heavy atom. The highest BCUT2D eigenvalue weighted by Gasteiger charge is 2.17. The van der Waals surface area contributed by atoms with E-state index in [0.717, 1.165) is 0 Å². The molecule has 1 N–H and O–H groups in total. The standard InChI is InChI=1S/C3H8O7S2/c1-11(5,6)9-3(4)10-12(2,7)8/h3-4H,1-2H3. The van der Waals surface area contributed by atoms with Crippen molar-refractivity contribution in [3.05, 3.63) is 0 Å². The third kappa shape index (κ3) is 7.88. The van der Waals surface area contributed by atoms with Gasteiger partial charge in [0.25, 0.3) is 26.7 Å². The highest BCUT2D eigenvalue weighted by molar-refractivity contribution is 7.86. The van der Waals surface area contributed by atoms with Gasteiger partial charge in [0.05, 0.1) is 12.5 Å². The lowest BCUT2D eigenvalue weighted by Crippen LogP contribution is -2.23. The fourth-order valence-corrected chi connectivity index (χ4v) is 1.04. The average molecular weight is 220 g/mol. The Kier molecular flexibility index (Phi) is 3.59. The topological polar surface area (TPSA) is 107 Å². The van der Waals surface area contributed by atoms with E-state index in [1.165, 1.54) is 0 Å². The van der Waals surface area contributed by atoms with Gasteiger partial charge in [-0.1, -0.05) is 0 Å². The molecule has 0 aromatic carbocycles. The van der Waals surface area contributed by atoms with Crippen molar-refractivity contribution in [3.63, 3.8) is 0 Å². The van der Waals surface area contributed by atoms with Crippen LogP contribution in [0, 0.1) is 0 Å². The normalized spacial score (nSPS) is 13.7. The molecule has 0 saturated carbocycles. The number of hydrogen-bond acceptors (Lipinski definition) is 7. The van der Waals surface area contributed by atoms with Crippen LogP contribution in [0.2, 0.25) is 0 Å². The van der Waals surface area contributed by atoms with Gasteiger partial charge in [-0.05, 0) is 0 Å². The molecule has 0 saturated heterocycles. The van der Waals surface area contributed by atoms with Crippen LogP contribution in [0.25, 0.3) is 0 Å². The molecule has 0 aliphatic heterocycles. The minimum atomic E-state index is -3.94. The van der Waals surface area contributed by atoms with Gasteiger partial charge in [0.15, 0.2) is 0 Å². The average Bonchev–Trinajstić information content (AvgIpc) is 1.49. The van der Waals surface area contributed by atoms with Crippen LogP contribution >= 0.6 is 0 Å². The third-order valence-electron chi connectivity index (χ3n) is 0.514. The van der Waals surface area contributed by atoms with E-state index in [-0.39, 0.29) is 0 Å². The largest absolute Gasteiger partial charge is 0.344 e. The van der Waals surface area contributed by atoms with Crippen LogP contribution < -0.4 is 0 Å². The lowest BCUT2D eigenvalue weighted by atomic mass is 11.4. The summed E-state index contributed by atoms with van der Waals surface area (Å²) in [6, 6.07) is 0. The quantitative estimate of drug-likeness (QED) is 0.440. The SMILES string of the molecule is CS(=O)(=O)OC(O)OS(C)(=O)=O. The number of aliphatic hydroxyl groups is 1. The molecule has 0 bridgehead atoms. The fraction of sp³-hybridized carbons (Fsp3) is 1.00. The predicted octanol–water partition coefficient (Wildman–Crippen LogP) is -1.79. The first-order valence-corrected chi connectivity index (χ1v) is 6.18. The van der Waals surface area contributed by atoms with Crippen molar-refractivity contribution in [3.8, 4) is 0 Å². The fourth-order valence-electron chi connectivity index (χ4n) is 0.315. The van der Waals surface area contributed by atoms with Crippen LogP contribution in [0.4, 0.5) is 0 Å². The number of aliphatic hydroxyl groups excluding tert-OH is 1. The van der Waals surface area contributed by atoms with Gasteiger partial charge in [-0.25, -0.2) is 8.37 Å². The van der Waals surface area contributed by atoms with Crippen molar-refractivity contribution in [1.82, 2.24) is 0 Å². The molecule has 0 heterocycles. The lowest BCUT2D eigenvalue weighted by molar-refractivity contribution is -0.152. The van der Waals surface area contributed by atoms with E-state index in [1.807, 2.05) is 0 Å². The number of rotatable bonds is 4. The van der Waals surface area contributed by atoms with Crippen molar-refractivity contribution in [2.45, 2.75) is 6.48 Å². The highest BCUT2D eigenvalue weighted by Crippen LogP contribution is 1.99. The molecule has 0 unspecified atom stereocenters. The molecule has 9 heteroatoms. The van der Waals surface area contributed by atoms with E-state index < -0.39 is 26.7 Å². The summed E-state index contributed by atoms with van der Waals surface area (Å²) < 4.78 is 48.6. The zero-order valence-corrected chi connectivity index (χ0v) is 7.92. The molecule has 0 spiro atoms. The molecule has 0 radical (unpaired) electrons. The van der Waals surface area contributed by atoms with Crippen molar-refractivity contribution < 1.29 is 30.3 Å². The predicted molar refractivity (Wildman–Crippen MR) is 37.9 cm³/mol. The Bertz CT molecular complexity index is 290. The summed E-state index contributed by atoms with van der Waals surface area (Å²) in [7, 11) is -7.87. The van der Waals surface area contributed by atoms with E-state index in [1.54, 1.807) is 0 Å². The van der Waals surface area contributed by atoms with Crippen molar-refractivity contribution >= 4 is 20.2 Å². The second-order valence-corrected chi connectivity index (χ2v) is 5.11. The smallest absolute Gasteiger partial charge is 0.299 e. The van der Waals surface area contributed by atoms with E-state index in [2.05, 4.69) is 8.37 Å². The Labute approximate surface area is 70.2 Å². The molecule has 0 aromatic rings. The zero-order chi connectivity index (χ0) is 9.99. The summed E-state index contributed by atoms with van der Waals surface area (Å²) in [6.07, 6.45) is 1.28. The second kappa shape index (κ2) is 3.66. The van der Waals surface area contributed by atoms with E-state index in [0.29, 0.717) is 12.5 Å². The minimum Gasteiger partial charge on any atom is -0.344 e. The molecule has 0 aliphatic rings.